The quantitative estimate of drug-likeness (QED) is 0.660. The summed E-state index contributed by atoms with van der Waals surface area (Å²) in [5.74, 6) is -1.19. The summed E-state index contributed by atoms with van der Waals surface area (Å²) in [5, 5.41) is 14.1. The molecule has 0 radical (unpaired) electrons. The Morgan fingerprint density at radius 3 is 2.26 bits per heavy atom. The number of nitriles is 1. The third kappa shape index (κ3) is 6.57. The van der Waals surface area contributed by atoms with Crippen molar-refractivity contribution in [3.05, 3.63) is 29.8 Å². The smallest absolute Gasteiger partial charge is 0.333 e. The molecule has 27 heavy (non-hydrogen) atoms. The molecule has 0 aliphatic rings. The number of nitrogens with zero attached hydrogens (tertiary/aromatic N) is 1. The monoisotopic (exact) mass is 385 g/mol. The van der Waals surface area contributed by atoms with E-state index >= 15 is 0 Å². The Hall–Kier alpha value is -2.60. The van der Waals surface area contributed by atoms with Crippen LogP contribution in [0.5, 0.6) is 0 Å². The van der Waals surface area contributed by atoms with Crippen molar-refractivity contribution in [3.63, 3.8) is 0 Å². The van der Waals surface area contributed by atoms with Crippen molar-refractivity contribution in [1.82, 2.24) is 5.32 Å². The molecule has 0 aromatic heterocycles. The highest BCUT2D eigenvalue weighted by Crippen LogP contribution is 2.34. The van der Waals surface area contributed by atoms with Crippen molar-refractivity contribution in [2.75, 3.05) is 25.5 Å². The Balaban J connectivity index is 2.66. The van der Waals surface area contributed by atoms with Gasteiger partial charge in [0.05, 0.1) is 24.4 Å². The number of quaternary nitrogens is 1. The number of hydrogen-bond acceptors (Lipinski definition) is 3. The van der Waals surface area contributed by atoms with Gasteiger partial charge in [0.15, 0.2) is 13.1 Å². The number of para-hydroxylation sites is 1. The van der Waals surface area contributed by atoms with Gasteiger partial charge in [-0.25, -0.2) is 0 Å². The van der Waals surface area contributed by atoms with Crippen LogP contribution in [0.2, 0.25) is 0 Å². The molecule has 9 heteroatoms. The Morgan fingerprint density at radius 1 is 1.19 bits per heavy atom. The number of carbonyl (C=O) groups is 2. The van der Waals surface area contributed by atoms with Crippen LogP contribution in [0.3, 0.4) is 0 Å². The van der Waals surface area contributed by atoms with Gasteiger partial charge in [-0.1, -0.05) is 26.0 Å². The zero-order valence-corrected chi connectivity index (χ0v) is 15.7. The number of alkyl halides is 3. The number of rotatable bonds is 7. The van der Waals surface area contributed by atoms with E-state index in [1.54, 1.807) is 27.8 Å². The fourth-order valence-electron chi connectivity index (χ4n) is 2.28. The molecule has 0 aliphatic heterocycles. The van der Waals surface area contributed by atoms with E-state index in [0.29, 0.717) is 4.90 Å². The molecule has 0 aliphatic carbocycles. The zero-order chi connectivity index (χ0) is 20.8. The first kappa shape index (κ1) is 22.4. The molecule has 0 bridgehead atoms. The second-order valence-electron chi connectivity index (χ2n) is 6.92. The number of halogens is 3. The van der Waals surface area contributed by atoms with E-state index in [4.69, 9.17) is 0 Å². The molecule has 1 unspecified atom stereocenters. The Kier molecular flexibility index (Phi) is 7.37. The highest BCUT2D eigenvalue weighted by molar-refractivity contribution is 5.92. The maximum atomic E-state index is 13.0. The average Bonchev–Trinajstić information content (AvgIpc) is 2.53. The largest absolute Gasteiger partial charge is 0.418 e. The molecule has 0 saturated carbocycles. The van der Waals surface area contributed by atoms with Gasteiger partial charge in [-0.05, 0) is 25.0 Å². The molecule has 2 amide bonds. The van der Waals surface area contributed by atoms with E-state index in [0.717, 1.165) is 6.07 Å². The van der Waals surface area contributed by atoms with Crippen LogP contribution in [0, 0.1) is 17.2 Å². The standard InChI is InChI=1S/C18H23F3N4O2/c1-12(2)17(3,11-22)24-16(27)10-25(4)9-15(26)23-14-8-6-5-7-13(14)18(19,20)21/h5-8,12H,9-10H2,1-4H3,(H,23,26)(H,24,27)/p+1/t17-/m1/s1. The van der Waals surface area contributed by atoms with Crippen molar-refractivity contribution < 1.29 is 27.7 Å². The SMILES string of the molecule is CC(C)[C@@](C)(C#N)NC(=O)C[NH+](C)CC(=O)Nc1ccccc1C(F)(F)F. The van der Waals surface area contributed by atoms with E-state index < -0.39 is 29.1 Å². The summed E-state index contributed by atoms with van der Waals surface area (Å²) >= 11 is 0. The van der Waals surface area contributed by atoms with Crippen LogP contribution in [0.1, 0.15) is 26.3 Å². The predicted molar refractivity (Wildman–Crippen MR) is 93.7 cm³/mol. The highest BCUT2D eigenvalue weighted by Gasteiger charge is 2.34. The molecule has 6 nitrogen and oxygen atoms in total. The van der Waals surface area contributed by atoms with Crippen molar-refractivity contribution >= 4 is 17.5 Å². The van der Waals surface area contributed by atoms with E-state index in [1.165, 1.54) is 18.2 Å². The maximum Gasteiger partial charge on any atom is 0.418 e. The van der Waals surface area contributed by atoms with Crippen LogP contribution in [-0.4, -0.2) is 37.5 Å². The van der Waals surface area contributed by atoms with Crippen molar-refractivity contribution in [2.45, 2.75) is 32.5 Å². The molecule has 0 spiro atoms. The van der Waals surface area contributed by atoms with Crippen molar-refractivity contribution in [2.24, 2.45) is 5.92 Å². The van der Waals surface area contributed by atoms with Gasteiger partial charge in [-0.15, -0.1) is 0 Å². The second-order valence-corrected chi connectivity index (χ2v) is 6.92. The van der Waals surface area contributed by atoms with E-state index in [9.17, 15) is 28.0 Å². The first-order valence-corrected chi connectivity index (χ1v) is 8.38. The zero-order valence-electron chi connectivity index (χ0n) is 15.7. The molecule has 0 saturated heterocycles. The highest BCUT2D eigenvalue weighted by atomic mass is 19.4. The number of carbonyl (C=O) groups excluding carboxylic acids is 2. The Labute approximate surface area is 156 Å². The Bertz CT molecular complexity index is 728. The number of nitrogens with one attached hydrogen (secondary N) is 3. The van der Waals surface area contributed by atoms with Crippen LogP contribution < -0.4 is 15.5 Å². The molecule has 0 fully saturated rings. The fraction of sp³-hybridized carbons (Fsp3) is 0.500. The minimum absolute atomic E-state index is 0.0989. The lowest BCUT2D eigenvalue weighted by Gasteiger charge is -2.27. The summed E-state index contributed by atoms with van der Waals surface area (Å²) in [4.78, 5) is 24.6. The summed E-state index contributed by atoms with van der Waals surface area (Å²) in [7, 11) is 1.56. The minimum Gasteiger partial charge on any atom is -0.333 e. The van der Waals surface area contributed by atoms with Gasteiger partial charge < -0.3 is 15.5 Å². The van der Waals surface area contributed by atoms with Crippen LogP contribution in [0.15, 0.2) is 24.3 Å². The second kappa shape index (κ2) is 8.86. The topological polar surface area (TPSA) is 86.4 Å². The van der Waals surface area contributed by atoms with Crippen LogP contribution in [0.4, 0.5) is 18.9 Å². The maximum absolute atomic E-state index is 13.0. The number of benzene rings is 1. The number of hydrogen-bond donors (Lipinski definition) is 3. The molecule has 2 atom stereocenters. The fourth-order valence-corrected chi connectivity index (χ4v) is 2.28. The lowest BCUT2D eigenvalue weighted by molar-refractivity contribution is -0.862. The molecule has 0 heterocycles. The normalized spacial score (nSPS) is 14.8. The van der Waals surface area contributed by atoms with Gasteiger partial charge in [0.2, 0.25) is 0 Å². The van der Waals surface area contributed by atoms with Gasteiger partial charge in [-0.2, -0.15) is 18.4 Å². The summed E-state index contributed by atoms with van der Waals surface area (Å²) in [6.45, 7) is 4.89. The molecule has 1 aromatic rings. The molecular weight excluding hydrogens is 361 g/mol. The number of anilines is 1. The van der Waals surface area contributed by atoms with E-state index in [-0.39, 0.29) is 24.7 Å². The predicted octanol–water partition coefficient (Wildman–Crippen LogP) is 1.21. The van der Waals surface area contributed by atoms with Gasteiger partial charge in [0.1, 0.15) is 5.54 Å². The van der Waals surface area contributed by atoms with E-state index in [1.807, 2.05) is 6.07 Å². The van der Waals surface area contributed by atoms with Crippen molar-refractivity contribution in [1.29, 1.82) is 5.26 Å². The molecule has 3 N–H and O–H groups in total. The third-order valence-corrected chi connectivity index (χ3v) is 4.22. The Morgan fingerprint density at radius 2 is 1.74 bits per heavy atom. The first-order chi connectivity index (χ1) is 12.4. The summed E-state index contributed by atoms with van der Waals surface area (Å²) in [6, 6.07) is 6.73. The van der Waals surface area contributed by atoms with Crippen LogP contribution >= 0.6 is 0 Å². The summed E-state index contributed by atoms with van der Waals surface area (Å²) in [6.07, 6.45) is -4.58. The number of amides is 2. The number of likely N-dealkylation sites (N-methyl/N-ethyl adjacent to an activating group) is 1. The van der Waals surface area contributed by atoms with Crippen LogP contribution in [0.25, 0.3) is 0 Å². The molecule has 148 valence electrons. The van der Waals surface area contributed by atoms with E-state index in [2.05, 4.69) is 10.6 Å². The van der Waals surface area contributed by atoms with Crippen LogP contribution in [-0.2, 0) is 15.8 Å². The molecule has 1 aromatic carbocycles. The van der Waals surface area contributed by atoms with Gasteiger partial charge in [0.25, 0.3) is 11.8 Å². The summed E-state index contributed by atoms with van der Waals surface area (Å²) in [5.41, 5.74) is -2.30. The van der Waals surface area contributed by atoms with Gasteiger partial charge in [-0.3, -0.25) is 9.59 Å². The molecular formula is C18H24F3N4O2+. The minimum atomic E-state index is -4.58. The lowest BCUT2D eigenvalue weighted by Crippen LogP contribution is -3.11. The summed E-state index contributed by atoms with van der Waals surface area (Å²) < 4.78 is 38.9. The molecule has 1 rings (SSSR count). The average molecular weight is 385 g/mol. The lowest BCUT2D eigenvalue weighted by atomic mass is 9.90. The van der Waals surface area contributed by atoms with Gasteiger partial charge >= 0.3 is 6.18 Å². The first-order valence-electron chi connectivity index (χ1n) is 8.38. The van der Waals surface area contributed by atoms with Crippen molar-refractivity contribution in [3.8, 4) is 6.07 Å². The third-order valence-electron chi connectivity index (χ3n) is 4.22. The van der Waals surface area contributed by atoms with Gasteiger partial charge in [0, 0.05) is 0 Å².